The first-order valence-corrected chi connectivity index (χ1v) is 7.95. The second kappa shape index (κ2) is 7.13. The molecule has 1 saturated heterocycles. The van der Waals surface area contributed by atoms with Gasteiger partial charge in [0.25, 0.3) is 0 Å². The number of hydrogen-bond acceptors (Lipinski definition) is 1. The lowest BCUT2D eigenvalue weighted by Gasteiger charge is -2.38. The first kappa shape index (κ1) is 13.9. The van der Waals surface area contributed by atoms with Crippen LogP contribution in [0.4, 0.5) is 0 Å². The fourth-order valence-corrected chi connectivity index (χ4v) is 3.51. The van der Waals surface area contributed by atoms with Crippen LogP contribution in [-0.2, 0) is 0 Å². The third kappa shape index (κ3) is 3.47. The number of likely N-dealkylation sites (tertiary alicyclic amines) is 1. The quantitative estimate of drug-likeness (QED) is 0.688. The summed E-state index contributed by atoms with van der Waals surface area (Å²) >= 11 is 0. The van der Waals surface area contributed by atoms with Crippen LogP contribution in [0.5, 0.6) is 0 Å². The largest absolute Gasteiger partial charge is 0.300 e. The maximum atomic E-state index is 2.74. The summed E-state index contributed by atoms with van der Waals surface area (Å²) < 4.78 is 0. The molecule has 0 aromatic rings. The van der Waals surface area contributed by atoms with Gasteiger partial charge in [0.1, 0.15) is 0 Å². The molecule has 1 heterocycles. The fraction of sp³-hybridized carbons (Fsp3) is 0.765. The van der Waals surface area contributed by atoms with Crippen molar-refractivity contribution in [3.8, 4) is 0 Å². The maximum absolute atomic E-state index is 2.74. The molecule has 0 aromatic carbocycles. The Morgan fingerprint density at radius 1 is 1.22 bits per heavy atom. The monoisotopic (exact) mass is 247 g/mol. The molecule has 1 aliphatic carbocycles. The number of rotatable bonds is 5. The van der Waals surface area contributed by atoms with Crippen LogP contribution in [0.25, 0.3) is 0 Å². The van der Waals surface area contributed by atoms with E-state index in [1.807, 2.05) is 0 Å². The molecular formula is C17H29N. The average Bonchev–Trinajstić information content (AvgIpc) is 2.46. The van der Waals surface area contributed by atoms with E-state index in [2.05, 4.69) is 37.0 Å². The number of allylic oxidation sites excluding steroid dienone is 4. The summed E-state index contributed by atoms with van der Waals surface area (Å²) in [5, 5.41) is 0. The molecule has 1 heteroatoms. The lowest BCUT2D eigenvalue weighted by atomic mass is 9.85. The lowest BCUT2D eigenvalue weighted by Crippen LogP contribution is -2.41. The van der Waals surface area contributed by atoms with Gasteiger partial charge in [-0.1, -0.05) is 38.5 Å². The molecule has 0 spiro atoms. The number of hydrogen-bond donors (Lipinski definition) is 0. The van der Waals surface area contributed by atoms with Gasteiger partial charge in [-0.2, -0.15) is 0 Å². The van der Waals surface area contributed by atoms with Crippen LogP contribution in [0.3, 0.4) is 0 Å². The van der Waals surface area contributed by atoms with Gasteiger partial charge in [-0.3, -0.25) is 0 Å². The zero-order valence-electron chi connectivity index (χ0n) is 12.2. The molecule has 2 rings (SSSR count). The maximum Gasteiger partial charge on any atom is 0.00925 e. The fourth-order valence-electron chi connectivity index (χ4n) is 3.51. The Hall–Kier alpha value is -0.560. The van der Waals surface area contributed by atoms with Crippen LogP contribution >= 0.6 is 0 Å². The number of nitrogens with zero attached hydrogens (tertiary/aromatic N) is 1. The van der Waals surface area contributed by atoms with Gasteiger partial charge < -0.3 is 4.90 Å². The Morgan fingerprint density at radius 2 is 2.00 bits per heavy atom. The van der Waals surface area contributed by atoms with E-state index in [4.69, 9.17) is 0 Å². The van der Waals surface area contributed by atoms with E-state index < -0.39 is 0 Å². The molecule has 1 fully saturated rings. The zero-order valence-corrected chi connectivity index (χ0v) is 12.2. The standard InChI is InChI=1S/C17H29N/c1-3-8-17(4-2)18-13-11-16(12-14-18)15-9-6-5-7-10-15/h6,9-10,16-17H,3-5,7-8,11-14H2,1-2H3. The molecule has 0 bridgehead atoms. The normalized spacial score (nSPS) is 24.0. The van der Waals surface area contributed by atoms with Gasteiger partial charge in [-0.25, -0.2) is 0 Å². The second-order valence-corrected chi connectivity index (χ2v) is 5.84. The molecular weight excluding hydrogens is 218 g/mol. The molecule has 2 aliphatic rings. The second-order valence-electron chi connectivity index (χ2n) is 5.84. The Kier molecular flexibility index (Phi) is 5.49. The van der Waals surface area contributed by atoms with Gasteiger partial charge in [0.05, 0.1) is 0 Å². The Morgan fingerprint density at radius 3 is 2.56 bits per heavy atom. The summed E-state index contributed by atoms with van der Waals surface area (Å²) in [6.45, 7) is 7.29. The average molecular weight is 247 g/mol. The summed E-state index contributed by atoms with van der Waals surface area (Å²) in [4.78, 5) is 2.74. The molecule has 1 aliphatic heterocycles. The summed E-state index contributed by atoms with van der Waals surface area (Å²) in [5.41, 5.74) is 1.63. The summed E-state index contributed by atoms with van der Waals surface area (Å²) in [7, 11) is 0. The molecule has 1 atom stereocenters. The van der Waals surface area contributed by atoms with Crippen molar-refractivity contribution in [2.45, 2.75) is 64.8 Å². The van der Waals surface area contributed by atoms with Crippen LogP contribution in [-0.4, -0.2) is 24.0 Å². The summed E-state index contributed by atoms with van der Waals surface area (Å²) in [6, 6.07) is 0.840. The molecule has 1 nitrogen and oxygen atoms in total. The van der Waals surface area contributed by atoms with Gasteiger partial charge in [0, 0.05) is 6.04 Å². The van der Waals surface area contributed by atoms with Gasteiger partial charge >= 0.3 is 0 Å². The van der Waals surface area contributed by atoms with Crippen molar-refractivity contribution in [2.24, 2.45) is 5.92 Å². The third-order valence-corrected chi connectivity index (χ3v) is 4.63. The predicted molar refractivity (Wildman–Crippen MR) is 79.7 cm³/mol. The van der Waals surface area contributed by atoms with Crippen LogP contribution < -0.4 is 0 Å². The minimum Gasteiger partial charge on any atom is -0.300 e. The molecule has 1 unspecified atom stereocenters. The molecule has 0 saturated carbocycles. The smallest absolute Gasteiger partial charge is 0.00925 e. The van der Waals surface area contributed by atoms with Gasteiger partial charge in [-0.15, -0.1) is 0 Å². The SMILES string of the molecule is CCCC(CC)N1CCC(C2=CCCC=C2)CC1. The van der Waals surface area contributed by atoms with Crippen LogP contribution in [0.15, 0.2) is 23.8 Å². The van der Waals surface area contributed by atoms with Crippen molar-refractivity contribution < 1.29 is 0 Å². The van der Waals surface area contributed by atoms with E-state index in [0.29, 0.717) is 0 Å². The van der Waals surface area contributed by atoms with Crippen molar-refractivity contribution >= 4 is 0 Å². The van der Waals surface area contributed by atoms with E-state index in [-0.39, 0.29) is 0 Å². The van der Waals surface area contributed by atoms with E-state index in [1.165, 1.54) is 58.0 Å². The van der Waals surface area contributed by atoms with E-state index >= 15 is 0 Å². The highest BCUT2D eigenvalue weighted by Crippen LogP contribution is 2.29. The van der Waals surface area contributed by atoms with Crippen molar-refractivity contribution in [3.05, 3.63) is 23.8 Å². The minimum absolute atomic E-state index is 0.840. The Balaban J connectivity index is 1.83. The topological polar surface area (TPSA) is 3.24 Å². The summed E-state index contributed by atoms with van der Waals surface area (Å²) in [6.07, 6.45) is 16.5. The zero-order chi connectivity index (χ0) is 12.8. The highest BCUT2D eigenvalue weighted by molar-refractivity contribution is 5.25. The molecule has 102 valence electrons. The van der Waals surface area contributed by atoms with Crippen LogP contribution in [0, 0.1) is 5.92 Å². The highest BCUT2D eigenvalue weighted by atomic mass is 15.2. The molecule has 0 radical (unpaired) electrons. The van der Waals surface area contributed by atoms with Crippen molar-refractivity contribution in [1.82, 2.24) is 4.90 Å². The van der Waals surface area contributed by atoms with Gasteiger partial charge in [0.2, 0.25) is 0 Å². The van der Waals surface area contributed by atoms with Crippen LogP contribution in [0.1, 0.15) is 58.8 Å². The first-order valence-electron chi connectivity index (χ1n) is 7.95. The lowest BCUT2D eigenvalue weighted by molar-refractivity contribution is 0.132. The molecule has 0 aromatic heterocycles. The van der Waals surface area contributed by atoms with Gasteiger partial charge in [-0.05, 0) is 63.1 Å². The van der Waals surface area contributed by atoms with Crippen molar-refractivity contribution in [1.29, 1.82) is 0 Å². The summed E-state index contributed by atoms with van der Waals surface area (Å²) in [5.74, 6) is 0.844. The van der Waals surface area contributed by atoms with Crippen LogP contribution in [0.2, 0.25) is 0 Å². The predicted octanol–water partition coefficient (Wildman–Crippen LogP) is 4.55. The van der Waals surface area contributed by atoms with Crippen molar-refractivity contribution in [3.63, 3.8) is 0 Å². The highest BCUT2D eigenvalue weighted by Gasteiger charge is 2.25. The number of piperidine rings is 1. The third-order valence-electron chi connectivity index (χ3n) is 4.63. The van der Waals surface area contributed by atoms with E-state index in [1.54, 1.807) is 5.57 Å². The Labute approximate surface area is 113 Å². The van der Waals surface area contributed by atoms with Gasteiger partial charge in [0.15, 0.2) is 0 Å². The van der Waals surface area contributed by atoms with E-state index in [9.17, 15) is 0 Å². The molecule has 18 heavy (non-hydrogen) atoms. The van der Waals surface area contributed by atoms with Crippen molar-refractivity contribution in [2.75, 3.05) is 13.1 Å². The Bertz CT molecular complexity index is 295. The minimum atomic E-state index is 0.840. The first-order chi connectivity index (χ1) is 8.85. The molecule has 0 N–H and O–H groups in total. The van der Waals surface area contributed by atoms with E-state index in [0.717, 1.165) is 12.0 Å². The molecule has 0 amide bonds.